The van der Waals surface area contributed by atoms with Crippen LogP contribution in [0.1, 0.15) is 24.1 Å². The smallest absolute Gasteiger partial charge is 0.338 e. The zero-order valence-electron chi connectivity index (χ0n) is 18.5. The summed E-state index contributed by atoms with van der Waals surface area (Å²) in [5.74, 6) is -0.102. The quantitative estimate of drug-likeness (QED) is 0.351. The lowest BCUT2D eigenvalue weighted by atomic mass is 9.92. The molecule has 2 aromatic rings. The standard InChI is InChI=1S/C22H23N3O8/c1-5-33-16-11-13(10-15(25(28)29)20(16)31-3)19-17(21(26)32-4)18(23-22(27)24-19)12-6-8-14(30-2)9-7-12/h6-11,19H,5H2,1-4H3,(H2,23,24,27). The number of hydrogen-bond acceptors (Lipinski definition) is 8. The Bertz CT molecular complexity index is 1110. The second-order valence-corrected chi connectivity index (χ2v) is 6.80. The average Bonchev–Trinajstić information content (AvgIpc) is 2.82. The molecule has 0 saturated carbocycles. The van der Waals surface area contributed by atoms with E-state index in [1.165, 1.54) is 33.5 Å². The van der Waals surface area contributed by atoms with Gasteiger partial charge in [0, 0.05) is 6.07 Å². The summed E-state index contributed by atoms with van der Waals surface area (Å²) in [5.41, 5.74) is 0.650. The third-order valence-corrected chi connectivity index (χ3v) is 4.95. The highest BCUT2D eigenvalue weighted by molar-refractivity contribution is 6.04. The maximum atomic E-state index is 12.8. The van der Waals surface area contributed by atoms with Crippen LogP contribution in [0.25, 0.3) is 5.70 Å². The van der Waals surface area contributed by atoms with E-state index in [0.717, 1.165) is 0 Å². The molecule has 1 atom stereocenters. The Morgan fingerprint density at radius 2 is 1.82 bits per heavy atom. The fourth-order valence-electron chi connectivity index (χ4n) is 3.51. The third-order valence-electron chi connectivity index (χ3n) is 4.95. The number of nitrogens with one attached hydrogen (secondary N) is 2. The van der Waals surface area contributed by atoms with Crippen LogP contribution in [0.3, 0.4) is 0 Å². The maximum Gasteiger partial charge on any atom is 0.338 e. The van der Waals surface area contributed by atoms with E-state index in [2.05, 4.69) is 10.6 Å². The van der Waals surface area contributed by atoms with E-state index in [9.17, 15) is 19.7 Å². The predicted octanol–water partition coefficient (Wildman–Crippen LogP) is 2.95. The highest BCUT2D eigenvalue weighted by Crippen LogP contribution is 2.42. The number of hydrogen-bond donors (Lipinski definition) is 2. The Morgan fingerprint density at radius 1 is 1.12 bits per heavy atom. The summed E-state index contributed by atoms with van der Waals surface area (Å²) in [7, 11) is 4.01. The molecule has 1 aliphatic heterocycles. The number of carbonyl (C=O) groups excluding carboxylic acids is 2. The minimum atomic E-state index is -1.06. The van der Waals surface area contributed by atoms with Crippen molar-refractivity contribution >= 4 is 23.4 Å². The van der Waals surface area contributed by atoms with E-state index >= 15 is 0 Å². The van der Waals surface area contributed by atoms with Crippen LogP contribution in [0.4, 0.5) is 10.5 Å². The van der Waals surface area contributed by atoms with Crippen molar-refractivity contribution in [2.75, 3.05) is 27.9 Å². The van der Waals surface area contributed by atoms with Crippen LogP contribution < -0.4 is 24.8 Å². The number of nitro groups is 1. The van der Waals surface area contributed by atoms with Crippen molar-refractivity contribution in [3.8, 4) is 17.2 Å². The topological polar surface area (TPSA) is 138 Å². The molecular formula is C22H23N3O8. The Labute approximate surface area is 189 Å². The van der Waals surface area contributed by atoms with Crippen molar-refractivity contribution in [2.45, 2.75) is 13.0 Å². The zero-order valence-corrected chi connectivity index (χ0v) is 18.5. The summed E-state index contributed by atoms with van der Waals surface area (Å²) in [5, 5.41) is 17.0. The maximum absolute atomic E-state index is 12.8. The number of rotatable bonds is 8. The van der Waals surface area contributed by atoms with Crippen molar-refractivity contribution in [2.24, 2.45) is 0 Å². The number of urea groups is 1. The molecule has 0 radical (unpaired) electrons. The van der Waals surface area contributed by atoms with E-state index in [-0.39, 0.29) is 40.6 Å². The van der Waals surface area contributed by atoms with Crippen LogP contribution in [-0.2, 0) is 9.53 Å². The van der Waals surface area contributed by atoms with E-state index in [1.54, 1.807) is 31.2 Å². The highest BCUT2D eigenvalue weighted by Gasteiger charge is 2.36. The van der Waals surface area contributed by atoms with Crippen LogP contribution in [0.2, 0.25) is 0 Å². The Balaban J connectivity index is 2.26. The first-order valence-corrected chi connectivity index (χ1v) is 9.88. The van der Waals surface area contributed by atoms with Gasteiger partial charge in [-0.05, 0) is 48.4 Å². The second kappa shape index (κ2) is 9.90. The number of benzene rings is 2. The molecule has 174 valence electrons. The molecule has 2 aromatic carbocycles. The van der Waals surface area contributed by atoms with Gasteiger partial charge in [0.1, 0.15) is 5.75 Å². The molecule has 1 heterocycles. The second-order valence-electron chi connectivity index (χ2n) is 6.80. The lowest BCUT2D eigenvalue weighted by Crippen LogP contribution is -2.45. The van der Waals surface area contributed by atoms with Crippen molar-refractivity contribution in [3.63, 3.8) is 0 Å². The van der Waals surface area contributed by atoms with Crippen molar-refractivity contribution in [3.05, 3.63) is 63.2 Å². The van der Waals surface area contributed by atoms with Crippen LogP contribution >= 0.6 is 0 Å². The molecule has 0 aromatic heterocycles. The van der Waals surface area contributed by atoms with Crippen molar-refractivity contribution in [1.82, 2.24) is 10.6 Å². The summed E-state index contributed by atoms with van der Waals surface area (Å²) in [6.07, 6.45) is 0. The first-order chi connectivity index (χ1) is 15.8. The fourth-order valence-corrected chi connectivity index (χ4v) is 3.51. The van der Waals surface area contributed by atoms with Gasteiger partial charge >= 0.3 is 17.7 Å². The molecule has 0 fully saturated rings. The normalized spacial score (nSPS) is 15.3. The summed E-state index contributed by atoms with van der Waals surface area (Å²) in [6.45, 7) is 1.93. The molecule has 2 amide bonds. The van der Waals surface area contributed by atoms with Crippen LogP contribution in [0.5, 0.6) is 17.2 Å². The summed E-state index contributed by atoms with van der Waals surface area (Å²) >= 11 is 0. The number of amides is 2. The number of nitrogens with zero attached hydrogens (tertiary/aromatic N) is 1. The minimum Gasteiger partial charge on any atom is -0.497 e. The molecule has 1 aliphatic rings. The van der Waals surface area contributed by atoms with Gasteiger partial charge in [0.05, 0.1) is 50.2 Å². The molecule has 0 spiro atoms. The Morgan fingerprint density at radius 3 is 2.36 bits per heavy atom. The third kappa shape index (κ3) is 4.66. The SMILES string of the molecule is CCOc1cc(C2NC(=O)NC(c3ccc(OC)cc3)=C2C(=O)OC)cc([N+](=O)[O-])c1OC. The molecular weight excluding hydrogens is 434 g/mol. The number of carbonyl (C=O) groups is 2. The van der Waals surface area contributed by atoms with Gasteiger partial charge in [-0.25, -0.2) is 9.59 Å². The van der Waals surface area contributed by atoms with Gasteiger partial charge in [0.15, 0.2) is 5.75 Å². The van der Waals surface area contributed by atoms with Gasteiger partial charge in [-0.3, -0.25) is 10.1 Å². The van der Waals surface area contributed by atoms with E-state index in [0.29, 0.717) is 11.3 Å². The van der Waals surface area contributed by atoms with E-state index in [4.69, 9.17) is 18.9 Å². The van der Waals surface area contributed by atoms with E-state index in [1.807, 2.05) is 0 Å². The van der Waals surface area contributed by atoms with E-state index < -0.39 is 23.0 Å². The number of methoxy groups -OCH3 is 3. The molecule has 0 saturated heterocycles. The first kappa shape index (κ1) is 23.4. The molecule has 1 unspecified atom stereocenters. The molecule has 11 nitrogen and oxygen atoms in total. The van der Waals surface area contributed by atoms with Gasteiger partial charge in [-0.1, -0.05) is 0 Å². The Hall–Kier alpha value is -4.28. The molecule has 2 N–H and O–H groups in total. The van der Waals surface area contributed by atoms with Crippen LogP contribution in [0.15, 0.2) is 42.0 Å². The number of esters is 1. The summed E-state index contributed by atoms with van der Waals surface area (Å²) < 4.78 is 20.8. The van der Waals surface area contributed by atoms with Crippen molar-refractivity contribution in [1.29, 1.82) is 0 Å². The van der Waals surface area contributed by atoms with Gasteiger partial charge in [-0.15, -0.1) is 0 Å². The number of nitro benzene ring substituents is 1. The number of ether oxygens (including phenoxy) is 4. The molecule has 3 rings (SSSR count). The zero-order chi connectivity index (χ0) is 24.1. The fraction of sp³-hybridized carbons (Fsp3) is 0.273. The first-order valence-electron chi connectivity index (χ1n) is 9.88. The van der Waals surface area contributed by atoms with Crippen molar-refractivity contribution < 1.29 is 33.5 Å². The summed E-state index contributed by atoms with van der Waals surface area (Å²) in [6, 6.07) is 7.73. The monoisotopic (exact) mass is 457 g/mol. The lowest BCUT2D eigenvalue weighted by molar-refractivity contribution is -0.385. The van der Waals surface area contributed by atoms with Gasteiger partial charge in [0.25, 0.3) is 0 Å². The Kier molecular flexibility index (Phi) is 7.01. The summed E-state index contributed by atoms with van der Waals surface area (Å²) in [4.78, 5) is 36.5. The van der Waals surface area contributed by atoms with Crippen LogP contribution in [-0.4, -0.2) is 44.9 Å². The van der Waals surface area contributed by atoms with Gasteiger partial charge in [-0.2, -0.15) is 0 Å². The lowest BCUT2D eigenvalue weighted by Gasteiger charge is -2.29. The largest absolute Gasteiger partial charge is 0.497 e. The molecule has 33 heavy (non-hydrogen) atoms. The van der Waals surface area contributed by atoms with Gasteiger partial charge in [0.2, 0.25) is 5.75 Å². The molecule has 0 aliphatic carbocycles. The minimum absolute atomic E-state index is 0.0594. The van der Waals surface area contributed by atoms with Gasteiger partial charge < -0.3 is 29.6 Å². The molecule has 11 heteroatoms. The van der Waals surface area contributed by atoms with Crippen LogP contribution in [0, 0.1) is 10.1 Å². The average molecular weight is 457 g/mol. The molecule has 0 bridgehead atoms. The predicted molar refractivity (Wildman–Crippen MR) is 117 cm³/mol. The highest BCUT2D eigenvalue weighted by atomic mass is 16.6.